The molecule has 222 valence electrons. The molecule has 0 radical (unpaired) electrons. The molecular weight excluding hydrogens is 557 g/mol. The van der Waals surface area contributed by atoms with E-state index in [0.717, 1.165) is 83.0 Å². The zero-order chi connectivity index (χ0) is 29.6. The molecule has 44 heavy (non-hydrogen) atoms. The Morgan fingerprint density at radius 2 is 1.86 bits per heavy atom. The van der Waals surface area contributed by atoms with Crippen molar-refractivity contribution in [3.63, 3.8) is 0 Å². The lowest BCUT2D eigenvalue weighted by molar-refractivity contribution is 0.237. The number of nitrogens with one attached hydrogen (secondary N) is 2. The van der Waals surface area contributed by atoms with Gasteiger partial charge in [0.1, 0.15) is 29.7 Å². The zero-order valence-corrected chi connectivity index (χ0v) is 24.1. The van der Waals surface area contributed by atoms with E-state index in [4.69, 9.17) is 15.5 Å². The largest absolute Gasteiger partial charge is 0.492 e. The van der Waals surface area contributed by atoms with E-state index in [1.54, 1.807) is 18.6 Å². The molecule has 2 saturated heterocycles. The van der Waals surface area contributed by atoms with Crippen molar-refractivity contribution in [3.8, 4) is 39.5 Å². The van der Waals surface area contributed by atoms with Crippen molar-refractivity contribution >= 4 is 27.8 Å². The molecule has 7 heterocycles. The molecule has 5 aromatic heterocycles. The first-order valence-electron chi connectivity index (χ1n) is 15.0. The number of aromatic amines is 2. The minimum absolute atomic E-state index is 0.194. The number of benzene rings is 1. The number of likely N-dealkylation sites (tertiary alicyclic amines) is 1. The van der Waals surface area contributed by atoms with Gasteiger partial charge in [0.2, 0.25) is 0 Å². The maximum atomic E-state index is 14.8. The van der Waals surface area contributed by atoms with Crippen molar-refractivity contribution in [2.75, 3.05) is 44.2 Å². The summed E-state index contributed by atoms with van der Waals surface area (Å²) in [6.45, 7) is 5.17. The smallest absolute Gasteiger partial charge is 0.155 e. The molecule has 8 rings (SSSR count). The average Bonchev–Trinajstić information content (AvgIpc) is 3.78. The minimum atomic E-state index is -0.349. The van der Waals surface area contributed by atoms with E-state index in [2.05, 4.69) is 41.0 Å². The first kappa shape index (κ1) is 26.7. The molecular formula is C33H32FN9O. The molecule has 1 aromatic carbocycles. The monoisotopic (exact) mass is 589 g/mol. The number of hydrogen-bond donors (Lipinski definition) is 3. The Labute approximate surface area is 253 Å². The highest BCUT2D eigenvalue weighted by molar-refractivity contribution is 6.00. The Hall–Kier alpha value is -4.87. The van der Waals surface area contributed by atoms with Crippen LogP contribution >= 0.6 is 0 Å². The summed E-state index contributed by atoms with van der Waals surface area (Å²) in [5, 5.41) is 9.43. The van der Waals surface area contributed by atoms with Gasteiger partial charge in [-0.3, -0.25) is 15.0 Å². The third kappa shape index (κ3) is 5.03. The van der Waals surface area contributed by atoms with Crippen molar-refractivity contribution in [3.05, 3.63) is 72.9 Å². The van der Waals surface area contributed by atoms with Gasteiger partial charge in [0.15, 0.2) is 5.65 Å². The lowest BCUT2D eigenvalue weighted by Crippen LogP contribution is -2.56. The Morgan fingerprint density at radius 3 is 2.73 bits per heavy atom. The third-order valence-electron chi connectivity index (χ3n) is 8.54. The Kier molecular flexibility index (Phi) is 6.68. The molecule has 11 heteroatoms. The van der Waals surface area contributed by atoms with Gasteiger partial charge in [-0.2, -0.15) is 5.10 Å². The van der Waals surface area contributed by atoms with Crippen LogP contribution in [0.15, 0.2) is 67.1 Å². The number of rotatable bonds is 8. The van der Waals surface area contributed by atoms with Gasteiger partial charge in [0, 0.05) is 66.0 Å². The second-order valence-electron chi connectivity index (χ2n) is 11.6. The molecule has 6 aromatic rings. The summed E-state index contributed by atoms with van der Waals surface area (Å²) in [7, 11) is 0. The number of ether oxygens (including phenoxy) is 1. The molecule has 4 N–H and O–H groups in total. The van der Waals surface area contributed by atoms with Crippen molar-refractivity contribution in [2.45, 2.75) is 18.9 Å². The molecule has 0 unspecified atom stereocenters. The highest BCUT2D eigenvalue weighted by Crippen LogP contribution is 2.36. The van der Waals surface area contributed by atoms with Gasteiger partial charge in [-0.25, -0.2) is 14.4 Å². The van der Waals surface area contributed by atoms with Crippen LogP contribution in [0.3, 0.4) is 0 Å². The van der Waals surface area contributed by atoms with Crippen molar-refractivity contribution in [1.29, 1.82) is 0 Å². The number of anilines is 1. The number of nitrogens with two attached hydrogens (primary N) is 1. The Morgan fingerprint density at radius 1 is 0.977 bits per heavy atom. The van der Waals surface area contributed by atoms with Crippen LogP contribution in [0.1, 0.15) is 12.8 Å². The van der Waals surface area contributed by atoms with Crippen molar-refractivity contribution < 1.29 is 9.13 Å². The molecule has 2 aliphatic rings. The number of aromatic nitrogens is 6. The summed E-state index contributed by atoms with van der Waals surface area (Å²) in [6.07, 6.45) is 7.79. The number of fused-ring (bicyclic) bond motifs is 2. The molecule has 0 aliphatic carbocycles. The Bertz CT molecular complexity index is 1970. The second kappa shape index (κ2) is 11.0. The Balaban J connectivity index is 1.11. The normalized spacial score (nSPS) is 15.8. The molecule has 0 bridgehead atoms. The number of nitrogens with zero attached hydrogens (tertiary/aromatic N) is 6. The van der Waals surface area contributed by atoms with E-state index in [-0.39, 0.29) is 11.9 Å². The maximum Gasteiger partial charge on any atom is 0.155 e. The molecule has 0 spiro atoms. The topological polar surface area (TPSA) is 125 Å². The fourth-order valence-corrected chi connectivity index (χ4v) is 6.22. The first-order valence-corrected chi connectivity index (χ1v) is 15.0. The molecule has 0 atom stereocenters. The summed E-state index contributed by atoms with van der Waals surface area (Å²) in [5.41, 5.74) is 12.2. The first-order chi connectivity index (χ1) is 21.6. The van der Waals surface area contributed by atoms with Gasteiger partial charge in [-0.1, -0.05) is 6.07 Å². The quantitative estimate of drug-likeness (QED) is 0.227. The minimum Gasteiger partial charge on any atom is -0.492 e. The van der Waals surface area contributed by atoms with Gasteiger partial charge in [0.05, 0.1) is 23.1 Å². The summed E-state index contributed by atoms with van der Waals surface area (Å²) in [5.74, 6) is 1.07. The molecule has 10 nitrogen and oxygen atoms in total. The van der Waals surface area contributed by atoms with E-state index < -0.39 is 0 Å². The van der Waals surface area contributed by atoms with Crippen LogP contribution in [0.25, 0.3) is 55.7 Å². The highest BCUT2D eigenvalue weighted by Gasteiger charge is 2.24. The van der Waals surface area contributed by atoms with Crippen LogP contribution in [0, 0.1) is 5.82 Å². The van der Waals surface area contributed by atoms with E-state index in [1.165, 1.54) is 25.0 Å². The fraction of sp³-hybridized carbons (Fsp3) is 0.273. The van der Waals surface area contributed by atoms with Crippen LogP contribution in [0.4, 0.5) is 10.2 Å². The maximum absolute atomic E-state index is 14.8. The second-order valence-corrected chi connectivity index (χ2v) is 11.6. The van der Waals surface area contributed by atoms with Crippen molar-refractivity contribution in [1.82, 2.24) is 35.0 Å². The molecule has 0 saturated carbocycles. The summed E-state index contributed by atoms with van der Waals surface area (Å²) >= 11 is 0. The number of pyridine rings is 3. The molecule has 2 fully saturated rings. The summed E-state index contributed by atoms with van der Waals surface area (Å²) in [6, 6.07) is 15.1. The van der Waals surface area contributed by atoms with Gasteiger partial charge in [-0.15, -0.1) is 0 Å². The molecule has 0 amide bonds. The van der Waals surface area contributed by atoms with Gasteiger partial charge < -0.3 is 20.4 Å². The number of H-pyrrole nitrogens is 2. The lowest BCUT2D eigenvalue weighted by Gasteiger charge is -2.37. The summed E-state index contributed by atoms with van der Waals surface area (Å²) in [4.78, 5) is 22.0. The lowest BCUT2D eigenvalue weighted by atomic mass is 10.0. The van der Waals surface area contributed by atoms with E-state index in [9.17, 15) is 4.39 Å². The zero-order valence-electron chi connectivity index (χ0n) is 24.1. The SMILES string of the molecule is NC1CN(c2cccc(-c3cnc4[nH]nc(-c5cc6c(-c7cc(F)cc(OCCN8CCCC8)c7)cncc6[nH]5)c4c3)n2)C1. The fourth-order valence-electron chi connectivity index (χ4n) is 6.22. The van der Waals surface area contributed by atoms with Crippen molar-refractivity contribution in [2.24, 2.45) is 5.73 Å². The molecule has 2 aliphatic heterocycles. The average molecular weight is 590 g/mol. The van der Waals surface area contributed by atoms with Crippen LogP contribution in [0.5, 0.6) is 5.75 Å². The predicted octanol–water partition coefficient (Wildman–Crippen LogP) is 4.99. The van der Waals surface area contributed by atoms with Crippen LogP contribution in [-0.2, 0) is 0 Å². The standard InChI is InChI=1S/C33H32FN9O/c34-22-10-20(11-24(13-22)44-9-8-42-6-1-2-7-42)27-16-36-17-30-25(27)14-29(38-30)32-26-12-21(15-37-33(26)41-40-32)28-4-3-5-31(39-28)43-18-23(35)19-43/h3-5,10-17,23,38H,1-2,6-9,18-19,35H2,(H,37,40,41). The van der Waals surface area contributed by atoms with Gasteiger partial charge >= 0.3 is 0 Å². The summed E-state index contributed by atoms with van der Waals surface area (Å²) < 4.78 is 20.8. The third-order valence-corrected chi connectivity index (χ3v) is 8.54. The highest BCUT2D eigenvalue weighted by atomic mass is 19.1. The van der Waals surface area contributed by atoms with Crippen LogP contribution in [0.2, 0.25) is 0 Å². The van der Waals surface area contributed by atoms with Crippen LogP contribution < -0.4 is 15.4 Å². The van der Waals surface area contributed by atoms with Crippen LogP contribution in [-0.4, -0.2) is 80.4 Å². The number of halogens is 1. The van der Waals surface area contributed by atoms with Gasteiger partial charge in [0.25, 0.3) is 0 Å². The van der Waals surface area contributed by atoms with Gasteiger partial charge in [-0.05, 0) is 67.9 Å². The predicted molar refractivity (Wildman–Crippen MR) is 169 cm³/mol. The van der Waals surface area contributed by atoms with E-state index in [1.807, 2.05) is 30.3 Å². The van der Waals surface area contributed by atoms with E-state index >= 15 is 0 Å². The number of hydrogen-bond acceptors (Lipinski definition) is 8. The van der Waals surface area contributed by atoms with E-state index in [0.29, 0.717) is 23.6 Å².